The second-order valence-corrected chi connectivity index (χ2v) is 8.37. The molecule has 24 heavy (non-hydrogen) atoms. The molecular formula is C17H26ClN5O. The number of aromatic hydroxyl groups is 1. The van der Waals surface area contributed by atoms with Crippen molar-refractivity contribution in [2.24, 2.45) is 10.9 Å². The van der Waals surface area contributed by atoms with Crippen LogP contribution in [0.1, 0.15) is 52.7 Å². The number of benzene rings is 1. The van der Waals surface area contributed by atoms with Crippen LogP contribution in [0.5, 0.6) is 5.75 Å². The SMILES string of the molecule is CC(C)(C)c1cc(NC2=CC(Cl)=NN(N)N2)cc(C(C)(C)C)c1O. The number of nitrogens with two attached hydrogens (primary N) is 1. The van der Waals surface area contributed by atoms with Gasteiger partial charge in [-0.25, -0.2) is 5.84 Å². The van der Waals surface area contributed by atoms with E-state index in [0.717, 1.165) is 22.0 Å². The standard InChI is InChI=1S/C17H26ClN5O/c1-16(2,3)11-7-10(8-12(15(11)24)17(4,5)6)20-14-9-13(18)21-23(19)22-14/h7-9,20,22,24H,19H2,1-6H3. The molecule has 0 fully saturated rings. The molecule has 0 saturated heterocycles. The van der Waals surface area contributed by atoms with Crippen LogP contribution in [-0.2, 0) is 10.8 Å². The van der Waals surface area contributed by atoms with Crippen LogP contribution in [0.2, 0.25) is 0 Å². The van der Waals surface area contributed by atoms with E-state index in [1.807, 2.05) is 12.1 Å². The fraction of sp³-hybridized carbons (Fsp3) is 0.471. The van der Waals surface area contributed by atoms with Gasteiger partial charge in [-0.1, -0.05) is 53.1 Å². The van der Waals surface area contributed by atoms with Gasteiger partial charge in [-0.15, -0.1) is 10.3 Å². The van der Waals surface area contributed by atoms with Crippen molar-refractivity contribution >= 4 is 22.5 Å². The Morgan fingerprint density at radius 2 is 1.62 bits per heavy atom. The van der Waals surface area contributed by atoms with E-state index in [0.29, 0.717) is 11.6 Å². The maximum absolute atomic E-state index is 10.7. The first kappa shape index (κ1) is 18.4. The predicted molar refractivity (Wildman–Crippen MR) is 99.7 cm³/mol. The molecule has 1 aliphatic rings. The third-order valence-corrected chi connectivity index (χ3v) is 3.89. The number of hydrogen-bond donors (Lipinski definition) is 4. The van der Waals surface area contributed by atoms with Crippen molar-refractivity contribution in [1.29, 1.82) is 0 Å². The molecule has 0 saturated carbocycles. The van der Waals surface area contributed by atoms with Gasteiger partial charge in [0.2, 0.25) is 0 Å². The number of hydrogen-bond acceptors (Lipinski definition) is 6. The fourth-order valence-corrected chi connectivity index (χ4v) is 2.69. The average molecular weight is 352 g/mol. The average Bonchev–Trinajstić information content (AvgIpc) is 2.36. The number of phenols is 1. The van der Waals surface area contributed by atoms with Gasteiger partial charge in [0.25, 0.3) is 0 Å². The van der Waals surface area contributed by atoms with Crippen LogP contribution in [-0.4, -0.2) is 15.5 Å². The highest BCUT2D eigenvalue weighted by atomic mass is 35.5. The number of halogens is 1. The number of allylic oxidation sites excluding steroid dienone is 1. The van der Waals surface area contributed by atoms with Gasteiger partial charge < -0.3 is 10.4 Å². The zero-order valence-corrected chi connectivity index (χ0v) is 15.8. The Morgan fingerprint density at radius 3 is 2.04 bits per heavy atom. The second-order valence-electron chi connectivity index (χ2n) is 7.98. The number of anilines is 1. The molecule has 132 valence electrons. The van der Waals surface area contributed by atoms with E-state index in [4.69, 9.17) is 17.4 Å². The summed E-state index contributed by atoms with van der Waals surface area (Å²) in [6.45, 7) is 12.4. The van der Waals surface area contributed by atoms with Gasteiger partial charge in [-0.2, -0.15) is 0 Å². The maximum Gasteiger partial charge on any atom is 0.156 e. The number of nitrogens with one attached hydrogen (secondary N) is 2. The molecule has 1 heterocycles. The lowest BCUT2D eigenvalue weighted by atomic mass is 9.79. The molecule has 0 bridgehead atoms. The van der Waals surface area contributed by atoms with E-state index in [1.54, 1.807) is 6.08 Å². The fourth-order valence-electron chi connectivity index (χ4n) is 2.50. The zero-order chi connectivity index (χ0) is 18.3. The van der Waals surface area contributed by atoms with Crippen molar-refractivity contribution in [2.75, 3.05) is 5.32 Å². The summed E-state index contributed by atoms with van der Waals surface area (Å²) in [5.74, 6) is 6.56. The van der Waals surface area contributed by atoms with Crippen molar-refractivity contribution < 1.29 is 5.11 Å². The molecular weight excluding hydrogens is 326 g/mol. The monoisotopic (exact) mass is 351 g/mol. The normalized spacial score (nSPS) is 15.6. The largest absolute Gasteiger partial charge is 0.507 e. The van der Waals surface area contributed by atoms with Crippen molar-refractivity contribution in [3.8, 4) is 5.75 Å². The predicted octanol–water partition coefficient (Wildman–Crippen LogP) is 3.49. The molecule has 0 aromatic heterocycles. The number of nitrogens with zero attached hydrogens (tertiary/aromatic N) is 2. The molecule has 2 rings (SSSR count). The van der Waals surface area contributed by atoms with Crippen LogP contribution < -0.4 is 16.6 Å². The number of rotatable bonds is 2. The Labute approximate surface area is 148 Å². The van der Waals surface area contributed by atoms with Gasteiger partial charge in [0.15, 0.2) is 5.17 Å². The number of hydrazone groups is 1. The molecule has 0 amide bonds. The van der Waals surface area contributed by atoms with Gasteiger partial charge in [0, 0.05) is 22.9 Å². The Hall–Kier alpha value is -1.92. The minimum atomic E-state index is -0.199. The first-order valence-electron chi connectivity index (χ1n) is 7.80. The summed E-state index contributed by atoms with van der Waals surface area (Å²) in [7, 11) is 0. The lowest BCUT2D eigenvalue weighted by Gasteiger charge is -2.29. The highest BCUT2D eigenvalue weighted by molar-refractivity contribution is 6.68. The third kappa shape index (κ3) is 4.13. The Bertz CT molecular complexity index is 663. The molecule has 0 spiro atoms. The molecule has 5 N–H and O–H groups in total. The Morgan fingerprint density at radius 1 is 1.12 bits per heavy atom. The lowest BCUT2D eigenvalue weighted by Crippen LogP contribution is -2.43. The first-order valence-corrected chi connectivity index (χ1v) is 8.18. The van der Waals surface area contributed by atoms with Crippen molar-refractivity contribution in [3.05, 3.63) is 35.2 Å². The van der Waals surface area contributed by atoms with E-state index >= 15 is 0 Å². The van der Waals surface area contributed by atoms with E-state index in [9.17, 15) is 5.11 Å². The van der Waals surface area contributed by atoms with E-state index in [1.165, 1.54) is 0 Å². The minimum Gasteiger partial charge on any atom is -0.507 e. The molecule has 0 radical (unpaired) electrons. The van der Waals surface area contributed by atoms with Crippen molar-refractivity contribution in [1.82, 2.24) is 10.7 Å². The molecule has 7 heteroatoms. The summed E-state index contributed by atoms with van der Waals surface area (Å²) < 4.78 is 0. The third-order valence-electron chi connectivity index (χ3n) is 3.71. The second kappa shape index (κ2) is 6.18. The molecule has 0 atom stereocenters. The summed E-state index contributed by atoms with van der Waals surface area (Å²) in [6, 6.07) is 3.88. The number of hydrazine groups is 2. The van der Waals surface area contributed by atoms with Crippen LogP contribution in [0.25, 0.3) is 0 Å². The summed E-state index contributed by atoms with van der Waals surface area (Å²) in [6.07, 6.45) is 1.64. The highest BCUT2D eigenvalue weighted by Crippen LogP contribution is 2.41. The van der Waals surface area contributed by atoms with Crippen LogP contribution >= 0.6 is 11.6 Å². The maximum atomic E-state index is 10.7. The van der Waals surface area contributed by atoms with Crippen molar-refractivity contribution in [3.63, 3.8) is 0 Å². The van der Waals surface area contributed by atoms with Gasteiger partial charge in [0.1, 0.15) is 11.6 Å². The molecule has 1 aromatic rings. The van der Waals surface area contributed by atoms with Crippen LogP contribution in [0.15, 0.2) is 29.1 Å². The lowest BCUT2D eigenvalue weighted by molar-refractivity contribution is 0.228. The summed E-state index contributed by atoms with van der Waals surface area (Å²) in [5, 5.41) is 19.1. The van der Waals surface area contributed by atoms with Gasteiger partial charge in [-0.05, 0) is 23.0 Å². The quantitative estimate of drug-likeness (QED) is 0.484. The summed E-state index contributed by atoms with van der Waals surface area (Å²) in [4.78, 5) is 0. The topological polar surface area (TPSA) is 85.9 Å². The van der Waals surface area contributed by atoms with Gasteiger partial charge in [0.05, 0.1) is 0 Å². The van der Waals surface area contributed by atoms with E-state index < -0.39 is 0 Å². The smallest absolute Gasteiger partial charge is 0.156 e. The van der Waals surface area contributed by atoms with Gasteiger partial charge in [-0.3, -0.25) is 5.43 Å². The van der Waals surface area contributed by atoms with Crippen LogP contribution in [0.4, 0.5) is 5.69 Å². The minimum absolute atomic E-state index is 0.199. The number of phenolic OH excluding ortho intramolecular Hbond substituents is 1. The molecule has 1 aliphatic heterocycles. The zero-order valence-electron chi connectivity index (χ0n) is 15.0. The molecule has 1 aromatic carbocycles. The van der Waals surface area contributed by atoms with Crippen molar-refractivity contribution in [2.45, 2.75) is 52.4 Å². The molecule has 0 unspecified atom stereocenters. The first-order chi connectivity index (χ1) is 10.9. The van der Waals surface area contributed by atoms with Crippen LogP contribution in [0, 0.1) is 0 Å². The Balaban J connectivity index is 2.49. The summed E-state index contributed by atoms with van der Waals surface area (Å²) >= 11 is 5.94. The van der Waals surface area contributed by atoms with E-state index in [-0.39, 0.29) is 16.0 Å². The highest BCUT2D eigenvalue weighted by Gasteiger charge is 2.26. The summed E-state index contributed by atoms with van der Waals surface area (Å²) in [5.41, 5.74) is 5.04. The molecule has 0 aliphatic carbocycles. The van der Waals surface area contributed by atoms with Crippen LogP contribution in [0.3, 0.4) is 0 Å². The van der Waals surface area contributed by atoms with Gasteiger partial charge >= 0.3 is 0 Å². The van der Waals surface area contributed by atoms with E-state index in [2.05, 4.69) is 57.4 Å². The Kier molecular flexibility index (Phi) is 4.74. The molecule has 6 nitrogen and oxygen atoms in total.